The van der Waals surface area contributed by atoms with Gasteiger partial charge in [-0.2, -0.15) is 0 Å². The molecule has 0 aliphatic carbocycles. The van der Waals surface area contributed by atoms with E-state index in [1.54, 1.807) is 6.07 Å². The highest BCUT2D eigenvalue weighted by Crippen LogP contribution is 2.15. The monoisotopic (exact) mass is 273 g/mol. The molecule has 0 fully saturated rings. The zero-order valence-electron chi connectivity index (χ0n) is 10.9. The second-order valence-electron chi connectivity index (χ2n) is 4.48. The number of hydrogen-bond acceptors (Lipinski definition) is 2. The molecule has 0 unspecified atom stereocenters. The van der Waals surface area contributed by atoms with Crippen LogP contribution in [0.1, 0.15) is 28.4 Å². The van der Waals surface area contributed by atoms with Crippen LogP contribution in [0, 0.1) is 5.82 Å². The summed E-state index contributed by atoms with van der Waals surface area (Å²) < 4.78 is 13.0. The Kier molecular flexibility index (Phi) is 4.85. The second-order valence-corrected chi connectivity index (χ2v) is 4.48. The third-order valence-corrected chi connectivity index (χ3v) is 2.97. The lowest BCUT2D eigenvalue weighted by atomic mass is 10.1. The highest BCUT2D eigenvalue weighted by atomic mass is 19.1. The van der Waals surface area contributed by atoms with E-state index in [-0.39, 0.29) is 11.5 Å². The maximum absolute atomic E-state index is 13.0. The molecule has 0 bridgehead atoms. The number of hydrogen-bond donors (Lipinski definition) is 2. The summed E-state index contributed by atoms with van der Waals surface area (Å²) in [6.07, 6.45) is -0.213. The Labute approximate surface area is 117 Å². The fraction of sp³-hybridized carbons (Fsp3) is 0.188. The van der Waals surface area contributed by atoms with Gasteiger partial charge in [-0.15, -0.1) is 0 Å². The van der Waals surface area contributed by atoms with Gasteiger partial charge in [0.05, 0.1) is 6.10 Å². The van der Waals surface area contributed by atoms with Crippen molar-refractivity contribution in [3.8, 4) is 0 Å². The Morgan fingerprint density at radius 2 is 1.90 bits per heavy atom. The van der Waals surface area contributed by atoms with Crippen LogP contribution in [0.2, 0.25) is 0 Å². The number of nitrogens with one attached hydrogen (secondary N) is 1. The number of carbonyl (C=O) groups is 1. The minimum Gasteiger partial charge on any atom is -0.388 e. The van der Waals surface area contributed by atoms with Gasteiger partial charge in [0, 0.05) is 12.1 Å². The summed E-state index contributed by atoms with van der Waals surface area (Å²) in [5, 5.41) is 12.6. The molecule has 0 heterocycles. The SMILES string of the molecule is O=C(NCC[C@@H](O)c1ccccc1)c1cccc(F)c1. The number of rotatable bonds is 5. The number of amides is 1. The molecule has 0 saturated carbocycles. The third-order valence-electron chi connectivity index (χ3n) is 2.97. The van der Waals surface area contributed by atoms with E-state index in [0.29, 0.717) is 13.0 Å². The standard InChI is InChI=1S/C16H16FNO2/c17-14-8-4-7-13(11-14)16(20)18-10-9-15(19)12-5-2-1-3-6-12/h1-8,11,15,19H,9-10H2,(H,18,20)/t15-/m1/s1. The third kappa shape index (κ3) is 3.90. The smallest absolute Gasteiger partial charge is 0.251 e. The lowest BCUT2D eigenvalue weighted by molar-refractivity contribution is 0.0942. The highest BCUT2D eigenvalue weighted by molar-refractivity contribution is 5.94. The Balaban J connectivity index is 1.83. The van der Waals surface area contributed by atoms with Crippen LogP contribution < -0.4 is 5.32 Å². The van der Waals surface area contributed by atoms with Crippen molar-refractivity contribution in [1.29, 1.82) is 0 Å². The molecule has 4 heteroatoms. The molecule has 0 aliphatic rings. The normalized spacial score (nSPS) is 11.9. The Morgan fingerprint density at radius 3 is 2.60 bits per heavy atom. The van der Waals surface area contributed by atoms with Gasteiger partial charge in [-0.1, -0.05) is 36.4 Å². The molecular weight excluding hydrogens is 257 g/mol. The predicted octanol–water partition coefficient (Wildman–Crippen LogP) is 2.68. The van der Waals surface area contributed by atoms with Crippen LogP contribution in [0.3, 0.4) is 0 Å². The quantitative estimate of drug-likeness (QED) is 0.880. The van der Waals surface area contributed by atoms with Gasteiger partial charge < -0.3 is 10.4 Å². The fourth-order valence-corrected chi connectivity index (χ4v) is 1.90. The lowest BCUT2D eigenvalue weighted by Gasteiger charge is -2.11. The minimum absolute atomic E-state index is 0.277. The number of aliphatic hydroxyl groups excluding tert-OH is 1. The summed E-state index contributed by atoms with van der Waals surface area (Å²) in [6.45, 7) is 0.325. The second kappa shape index (κ2) is 6.82. The van der Waals surface area contributed by atoms with Crippen LogP contribution >= 0.6 is 0 Å². The highest BCUT2D eigenvalue weighted by Gasteiger charge is 2.09. The maximum atomic E-state index is 13.0. The van der Waals surface area contributed by atoms with Gasteiger partial charge in [0.2, 0.25) is 0 Å². The summed E-state index contributed by atoms with van der Waals surface area (Å²) in [5.74, 6) is -0.785. The molecular formula is C16H16FNO2. The number of benzene rings is 2. The van der Waals surface area contributed by atoms with Crippen molar-refractivity contribution in [3.05, 3.63) is 71.5 Å². The van der Waals surface area contributed by atoms with Crippen LogP contribution in [0.25, 0.3) is 0 Å². The van der Waals surface area contributed by atoms with Crippen molar-refractivity contribution in [2.24, 2.45) is 0 Å². The predicted molar refractivity (Wildman–Crippen MR) is 74.8 cm³/mol. The summed E-state index contributed by atoms with van der Waals surface area (Å²) in [7, 11) is 0. The summed E-state index contributed by atoms with van der Waals surface area (Å²) >= 11 is 0. The minimum atomic E-state index is -0.621. The summed E-state index contributed by atoms with van der Waals surface area (Å²) in [4.78, 5) is 11.8. The van der Waals surface area contributed by atoms with Crippen LogP contribution in [-0.4, -0.2) is 17.6 Å². The van der Waals surface area contributed by atoms with Gasteiger partial charge in [-0.05, 0) is 30.2 Å². The molecule has 104 valence electrons. The molecule has 2 aromatic rings. The van der Waals surface area contributed by atoms with Gasteiger partial charge in [-0.25, -0.2) is 4.39 Å². The van der Waals surface area contributed by atoms with E-state index in [1.165, 1.54) is 18.2 Å². The number of halogens is 1. The number of aliphatic hydroxyl groups is 1. The first-order valence-corrected chi connectivity index (χ1v) is 6.43. The molecule has 0 radical (unpaired) electrons. The van der Waals surface area contributed by atoms with Crippen molar-refractivity contribution >= 4 is 5.91 Å². The molecule has 0 aliphatic heterocycles. The lowest BCUT2D eigenvalue weighted by Crippen LogP contribution is -2.25. The fourth-order valence-electron chi connectivity index (χ4n) is 1.90. The molecule has 3 nitrogen and oxygen atoms in total. The summed E-state index contributed by atoms with van der Waals surface area (Å²) in [6, 6.07) is 14.8. The molecule has 0 spiro atoms. The van der Waals surface area contributed by atoms with Crippen LogP contribution in [0.4, 0.5) is 4.39 Å². The van der Waals surface area contributed by atoms with Gasteiger partial charge in [0.25, 0.3) is 5.91 Å². The Hall–Kier alpha value is -2.20. The average molecular weight is 273 g/mol. The van der Waals surface area contributed by atoms with E-state index in [0.717, 1.165) is 5.56 Å². The zero-order valence-corrected chi connectivity index (χ0v) is 10.9. The van der Waals surface area contributed by atoms with E-state index in [2.05, 4.69) is 5.32 Å². The van der Waals surface area contributed by atoms with Gasteiger partial charge >= 0.3 is 0 Å². The van der Waals surface area contributed by atoms with Crippen molar-refractivity contribution in [1.82, 2.24) is 5.32 Å². The van der Waals surface area contributed by atoms with Crippen molar-refractivity contribution < 1.29 is 14.3 Å². The molecule has 2 N–H and O–H groups in total. The first-order valence-electron chi connectivity index (χ1n) is 6.43. The average Bonchev–Trinajstić information content (AvgIpc) is 2.48. The van der Waals surface area contributed by atoms with Crippen molar-refractivity contribution in [2.45, 2.75) is 12.5 Å². The zero-order chi connectivity index (χ0) is 14.4. The van der Waals surface area contributed by atoms with Crippen LogP contribution in [0.15, 0.2) is 54.6 Å². The van der Waals surface area contributed by atoms with Gasteiger partial charge in [-0.3, -0.25) is 4.79 Å². The topological polar surface area (TPSA) is 49.3 Å². The molecule has 1 amide bonds. The largest absolute Gasteiger partial charge is 0.388 e. The van der Waals surface area contributed by atoms with E-state index in [1.807, 2.05) is 30.3 Å². The van der Waals surface area contributed by atoms with E-state index < -0.39 is 11.9 Å². The van der Waals surface area contributed by atoms with Crippen LogP contribution in [-0.2, 0) is 0 Å². The van der Waals surface area contributed by atoms with Gasteiger partial charge in [0.1, 0.15) is 5.82 Å². The Bertz CT molecular complexity index is 572. The van der Waals surface area contributed by atoms with Crippen LogP contribution in [0.5, 0.6) is 0 Å². The molecule has 0 saturated heterocycles. The first-order chi connectivity index (χ1) is 9.66. The van der Waals surface area contributed by atoms with E-state index in [4.69, 9.17) is 0 Å². The van der Waals surface area contributed by atoms with Crippen molar-refractivity contribution in [3.63, 3.8) is 0 Å². The number of carbonyl (C=O) groups excluding carboxylic acids is 1. The molecule has 0 aromatic heterocycles. The Morgan fingerprint density at radius 1 is 1.15 bits per heavy atom. The molecule has 2 aromatic carbocycles. The summed E-state index contributed by atoms with van der Waals surface area (Å²) in [5.41, 5.74) is 1.09. The van der Waals surface area contributed by atoms with E-state index in [9.17, 15) is 14.3 Å². The molecule has 2 rings (SSSR count). The van der Waals surface area contributed by atoms with E-state index >= 15 is 0 Å². The first kappa shape index (κ1) is 14.2. The van der Waals surface area contributed by atoms with Gasteiger partial charge in [0.15, 0.2) is 0 Å². The maximum Gasteiger partial charge on any atom is 0.251 e. The van der Waals surface area contributed by atoms with Crippen molar-refractivity contribution in [2.75, 3.05) is 6.54 Å². The molecule has 1 atom stereocenters. The molecule has 20 heavy (non-hydrogen) atoms.